The predicted molar refractivity (Wildman–Crippen MR) is 90.5 cm³/mol. The van der Waals surface area contributed by atoms with Gasteiger partial charge in [0.1, 0.15) is 0 Å². The highest BCUT2D eigenvalue weighted by Gasteiger charge is 2.11. The molecule has 21 heavy (non-hydrogen) atoms. The van der Waals surface area contributed by atoms with Crippen LogP contribution in [0.2, 0.25) is 0 Å². The molecule has 3 aromatic carbocycles. The van der Waals surface area contributed by atoms with Gasteiger partial charge in [-0.15, -0.1) is 0 Å². The van der Waals surface area contributed by atoms with E-state index >= 15 is 0 Å². The van der Waals surface area contributed by atoms with E-state index in [1.807, 2.05) is 0 Å². The lowest BCUT2D eigenvalue weighted by Gasteiger charge is -2.16. The third-order valence-electron chi connectivity index (χ3n) is 4.03. The molecule has 0 spiro atoms. The van der Waals surface area contributed by atoms with Crippen LogP contribution in [-0.2, 0) is 0 Å². The van der Waals surface area contributed by atoms with Crippen LogP contribution in [0.15, 0.2) is 84.9 Å². The number of benzene rings is 3. The van der Waals surface area contributed by atoms with Crippen LogP contribution in [0.5, 0.6) is 0 Å². The summed E-state index contributed by atoms with van der Waals surface area (Å²) in [5.41, 5.74) is 5.34. The molecule has 0 aliphatic carbocycles. The summed E-state index contributed by atoms with van der Waals surface area (Å²) in [6, 6.07) is 30.3. The molecule has 0 aliphatic heterocycles. The zero-order chi connectivity index (χ0) is 14.5. The van der Waals surface area contributed by atoms with Crippen molar-refractivity contribution in [2.24, 2.45) is 0 Å². The minimum absolute atomic E-state index is 0.482. The fourth-order valence-electron chi connectivity index (χ4n) is 2.89. The lowest BCUT2D eigenvalue weighted by molar-refractivity contribution is 0.777. The van der Waals surface area contributed by atoms with Gasteiger partial charge in [-0.25, -0.2) is 0 Å². The Labute approximate surface area is 127 Å². The van der Waals surface area contributed by atoms with E-state index in [0.717, 1.165) is 6.42 Å². The minimum atomic E-state index is 0.482. The first-order valence-corrected chi connectivity index (χ1v) is 7.59. The first-order valence-electron chi connectivity index (χ1n) is 7.59. The zero-order valence-electron chi connectivity index (χ0n) is 12.4. The fourth-order valence-corrected chi connectivity index (χ4v) is 2.89. The van der Waals surface area contributed by atoms with Crippen LogP contribution in [0.1, 0.15) is 30.4 Å². The molecule has 0 saturated heterocycles. The molecule has 0 aromatic heterocycles. The van der Waals surface area contributed by atoms with E-state index in [1.54, 1.807) is 0 Å². The first kappa shape index (κ1) is 13.6. The highest BCUT2D eigenvalue weighted by atomic mass is 14.2. The standard InChI is InChI=1S/C21H20/c1-2-21(19-11-7-4-8-12-19)20-15-13-18(14-16-20)17-9-5-3-6-10-17/h3-16,21H,2H2,1H3. The van der Waals surface area contributed by atoms with Gasteiger partial charge in [-0.05, 0) is 28.7 Å². The number of hydrogen-bond acceptors (Lipinski definition) is 0. The average molecular weight is 272 g/mol. The Morgan fingerprint density at radius 1 is 0.571 bits per heavy atom. The molecule has 3 aromatic rings. The summed E-state index contributed by atoms with van der Waals surface area (Å²) in [5, 5.41) is 0. The summed E-state index contributed by atoms with van der Waals surface area (Å²) in [5.74, 6) is 0.482. The molecule has 1 atom stereocenters. The van der Waals surface area contributed by atoms with E-state index in [0.29, 0.717) is 5.92 Å². The van der Waals surface area contributed by atoms with Gasteiger partial charge in [0.15, 0.2) is 0 Å². The summed E-state index contributed by atoms with van der Waals surface area (Å²) in [4.78, 5) is 0. The first-order chi connectivity index (χ1) is 10.4. The summed E-state index contributed by atoms with van der Waals surface area (Å²) in [6.45, 7) is 2.25. The molecule has 0 bridgehead atoms. The molecule has 0 aliphatic rings. The summed E-state index contributed by atoms with van der Waals surface area (Å²) in [7, 11) is 0. The second kappa shape index (κ2) is 6.41. The Hall–Kier alpha value is -2.34. The van der Waals surface area contributed by atoms with Gasteiger partial charge < -0.3 is 0 Å². The number of rotatable bonds is 4. The van der Waals surface area contributed by atoms with Crippen LogP contribution in [0.3, 0.4) is 0 Å². The highest BCUT2D eigenvalue weighted by Crippen LogP contribution is 2.29. The third kappa shape index (κ3) is 3.05. The van der Waals surface area contributed by atoms with Gasteiger partial charge >= 0.3 is 0 Å². The molecule has 1 unspecified atom stereocenters. The molecule has 3 rings (SSSR count). The molecule has 0 radical (unpaired) electrons. The van der Waals surface area contributed by atoms with E-state index in [2.05, 4.69) is 91.9 Å². The maximum atomic E-state index is 2.27. The topological polar surface area (TPSA) is 0 Å². The Morgan fingerprint density at radius 2 is 1.05 bits per heavy atom. The number of hydrogen-bond donors (Lipinski definition) is 0. The molecule has 0 nitrogen and oxygen atoms in total. The second-order valence-corrected chi connectivity index (χ2v) is 5.36. The van der Waals surface area contributed by atoms with E-state index in [9.17, 15) is 0 Å². The van der Waals surface area contributed by atoms with Crippen LogP contribution in [-0.4, -0.2) is 0 Å². The monoisotopic (exact) mass is 272 g/mol. The predicted octanol–water partition coefficient (Wildman–Crippen LogP) is 5.90. The van der Waals surface area contributed by atoms with Gasteiger partial charge in [-0.3, -0.25) is 0 Å². The Morgan fingerprint density at radius 3 is 1.62 bits per heavy atom. The molecule has 0 heteroatoms. The lowest BCUT2D eigenvalue weighted by Crippen LogP contribution is -1.99. The van der Waals surface area contributed by atoms with Crippen molar-refractivity contribution < 1.29 is 0 Å². The van der Waals surface area contributed by atoms with Crippen LogP contribution in [0.4, 0.5) is 0 Å². The van der Waals surface area contributed by atoms with E-state index in [1.165, 1.54) is 22.3 Å². The SMILES string of the molecule is CCC(c1ccccc1)c1ccc(-c2ccccc2)cc1. The summed E-state index contributed by atoms with van der Waals surface area (Å²) >= 11 is 0. The van der Waals surface area contributed by atoms with Gasteiger partial charge in [0, 0.05) is 5.92 Å². The van der Waals surface area contributed by atoms with Gasteiger partial charge in [-0.2, -0.15) is 0 Å². The van der Waals surface area contributed by atoms with Crippen molar-refractivity contribution in [3.63, 3.8) is 0 Å². The summed E-state index contributed by atoms with van der Waals surface area (Å²) < 4.78 is 0. The maximum absolute atomic E-state index is 2.27. The molecule has 0 fully saturated rings. The lowest BCUT2D eigenvalue weighted by atomic mass is 9.88. The quantitative estimate of drug-likeness (QED) is 0.555. The largest absolute Gasteiger partial charge is 0.0645 e. The van der Waals surface area contributed by atoms with Crippen molar-refractivity contribution in [2.45, 2.75) is 19.3 Å². The van der Waals surface area contributed by atoms with E-state index < -0.39 is 0 Å². The molecule has 0 N–H and O–H groups in total. The Balaban J connectivity index is 1.90. The van der Waals surface area contributed by atoms with Gasteiger partial charge in [0.05, 0.1) is 0 Å². The van der Waals surface area contributed by atoms with E-state index in [4.69, 9.17) is 0 Å². The Kier molecular flexibility index (Phi) is 4.16. The molecule has 104 valence electrons. The van der Waals surface area contributed by atoms with Gasteiger partial charge in [0.25, 0.3) is 0 Å². The van der Waals surface area contributed by atoms with Crippen LogP contribution < -0.4 is 0 Å². The average Bonchev–Trinajstić information content (AvgIpc) is 2.58. The smallest absolute Gasteiger partial charge is 0.00867 e. The normalized spacial score (nSPS) is 12.0. The molecule has 0 saturated carbocycles. The van der Waals surface area contributed by atoms with Crippen LogP contribution in [0.25, 0.3) is 11.1 Å². The maximum Gasteiger partial charge on any atom is 0.00867 e. The zero-order valence-corrected chi connectivity index (χ0v) is 12.4. The molecule has 0 amide bonds. The second-order valence-electron chi connectivity index (χ2n) is 5.36. The van der Waals surface area contributed by atoms with E-state index in [-0.39, 0.29) is 0 Å². The molecule has 0 heterocycles. The third-order valence-corrected chi connectivity index (χ3v) is 4.03. The van der Waals surface area contributed by atoms with Crippen LogP contribution in [0, 0.1) is 0 Å². The molecular weight excluding hydrogens is 252 g/mol. The van der Waals surface area contributed by atoms with Crippen molar-refractivity contribution in [3.05, 3.63) is 96.1 Å². The highest BCUT2D eigenvalue weighted by molar-refractivity contribution is 5.63. The van der Waals surface area contributed by atoms with Crippen molar-refractivity contribution in [1.82, 2.24) is 0 Å². The Bertz CT molecular complexity index is 666. The van der Waals surface area contributed by atoms with Crippen molar-refractivity contribution in [1.29, 1.82) is 0 Å². The van der Waals surface area contributed by atoms with Gasteiger partial charge in [-0.1, -0.05) is 91.9 Å². The fraction of sp³-hybridized carbons (Fsp3) is 0.143. The van der Waals surface area contributed by atoms with Crippen LogP contribution >= 0.6 is 0 Å². The van der Waals surface area contributed by atoms with Gasteiger partial charge in [0.2, 0.25) is 0 Å². The summed E-state index contributed by atoms with van der Waals surface area (Å²) in [6.07, 6.45) is 1.12. The minimum Gasteiger partial charge on any atom is -0.0645 e. The van der Waals surface area contributed by atoms with Crippen molar-refractivity contribution in [2.75, 3.05) is 0 Å². The van der Waals surface area contributed by atoms with Crippen molar-refractivity contribution in [3.8, 4) is 11.1 Å². The van der Waals surface area contributed by atoms with Crippen molar-refractivity contribution >= 4 is 0 Å². The molecular formula is C21H20.